The average Bonchev–Trinajstić information content (AvgIpc) is 2.26. The van der Waals surface area contributed by atoms with Crippen molar-refractivity contribution in [3.05, 3.63) is 0 Å². The van der Waals surface area contributed by atoms with Gasteiger partial charge in [0.2, 0.25) is 5.60 Å². The van der Waals surface area contributed by atoms with Crippen molar-refractivity contribution in [2.24, 2.45) is 0 Å². The summed E-state index contributed by atoms with van der Waals surface area (Å²) in [6.45, 7) is 9.30. The number of hydrogen-bond donors (Lipinski definition) is 0. The van der Waals surface area contributed by atoms with Crippen LogP contribution in [0.3, 0.4) is 0 Å². The Morgan fingerprint density at radius 1 is 1.37 bits per heavy atom. The Labute approximate surface area is 114 Å². The minimum absolute atomic E-state index is 0.151. The number of hydrogen-bond acceptors (Lipinski definition) is 5. The van der Waals surface area contributed by atoms with Crippen LogP contribution >= 0.6 is 0 Å². The maximum absolute atomic E-state index is 11.9. The van der Waals surface area contributed by atoms with Crippen LogP contribution in [0.2, 0.25) is 0 Å². The lowest BCUT2D eigenvalue weighted by molar-refractivity contribution is -0.202. The summed E-state index contributed by atoms with van der Waals surface area (Å²) in [6.07, 6.45) is -0.447. The molecule has 0 radical (unpaired) electrons. The molecule has 6 heteroatoms. The van der Waals surface area contributed by atoms with Crippen LogP contribution in [0.15, 0.2) is 0 Å². The first-order chi connectivity index (χ1) is 8.68. The number of likely N-dealkylation sites (tertiary alicyclic amines) is 1. The number of methoxy groups -OCH3 is 1. The topological polar surface area (TPSA) is 65.1 Å². The van der Waals surface area contributed by atoms with Gasteiger partial charge in [0.15, 0.2) is 0 Å². The van der Waals surface area contributed by atoms with Crippen LogP contribution in [0.5, 0.6) is 0 Å². The summed E-state index contributed by atoms with van der Waals surface area (Å²) < 4.78 is 15.6. The molecule has 19 heavy (non-hydrogen) atoms. The zero-order chi connectivity index (χ0) is 14.8. The molecule has 0 aliphatic carbocycles. The molecule has 2 atom stereocenters. The number of nitrogens with zero attached hydrogens (tertiary/aromatic N) is 1. The van der Waals surface area contributed by atoms with Crippen LogP contribution in [0.4, 0.5) is 4.79 Å². The molecule has 1 amide bonds. The van der Waals surface area contributed by atoms with Gasteiger partial charge in [0.1, 0.15) is 5.60 Å². The molecule has 1 rings (SSSR count). The first-order valence-corrected chi connectivity index (χ1v) is 6.40. The highest BCUT2D eigenvalue weighted by molar-refractivity contribution is 5.85. The fourth-order valence-corrected chi connectivity index (χ4v) is 2.01. The minimum Gasteiger partial charge on any atom is -0.464 e. The molecule has 1 saturated heterocycles. The Morgan fingerprint density at radius 2 is 1.95 bits per heavy atom. The highest BCUT2D eigenvalue weighted by Crippen LogP contribution is 2.34. The molecule has 0 aromatic rings. The van der Waals surface area contributed by atoms with Crippen LogP contribution in [-0.2, 0) is 19.0 Å². The van der Waals surface area contributed by atoms with Crippen molar-refractivity contribution in [3.63, 3.8) is 0 Å². The van der Waals surface area contributed by atoms with Gasteiger partial charge in [-0.1, -0.05) is 0 Å². The SMILES string of the molecule is CCOC(=O)C1(OC)CN(C(=O)OC(C)(C)C)[C@@H]1C. The fraction of sp³-hybridized carbons (Fsp3) is 0.846. The third kappa shape index (κ3) is 3.00. The van der Waals surface area contributed by atoms with E-state index in [-0.39, 0.29) is 13.2 Å². The van der Waals surface area contributed by atoms with Crippen LogP contribution in [0, 0.1) is 0 Å². The number of carbonyl (C=O) groups excluding carboxylic acids is 2. The molecule has 1 aliphatic rings. The molecular formula is C13H23NO5. The highest BCUT2D eigenvalue weighted by Gasteiger charge is 2.60. The van der Waals surface area contributed by atoms with E-state index in [4.69, 9.17) is 14.2 Å². The molecule has 6 nitrogen and oxygen atoms in total. The molecule has 1 aliphatic heterocycles. The highest BCUT2D eigenvalue weighted by atomic mass is 16.6. The van der Waals surface area contributed by atoms with Gasteiger partial charge >= 0.3 is 12.1 Å². The first-order valence-electron chi connectivity index (χ1n) is 6.40. The molecule has 110 valence electrons. The van der Waals surface area contributed by atoms with E-state index in [0.717, 1.165) is 0 Å². The first kappa shape index (κ1) is 15.8. The predicted molar refractivity (Wildman–Crippen MR) is 68.8 cm³/mol. The van der Waals surface area contributed by atoms with Crippen LogP contribution in [0.25, 0.3) is 0 Å². The molecule has 1 heterocycles. The van der Waals surface area contributed by atoms with E-state index < -0.39 is 29.3 Å². The summed E-state index contributed by atoms with van der Waals surface area (Å²) in [6, 6.07) is -0.411. The Kier molecular flexibility index (Phi) is 4.45. The lowest BCUT2D eigenvalue weighted by Gasteiger charge is -2.52. The monoisotopic (exact) mass is 273 g/mol. The summed E-state index contributed by atoms with van der Waals surface area (Å²) in [5.41, 5.74) is -1.64. The van der Waals surface area contributed by atoms with Gasteiger partial charge in [-0.25, -0.2) is 9.59 Å². The summed E-state index contributed by atoms with van der Waals surface area (Å²) >= 11 is 0. The normalized spacial score (nSPS) is 26.6. The molecule has 1 fully saturated rings. The smallest absolute Gasteiger partial charge is 0.410 e. The second-order valence-corrected chi connectivity index (χ2v) is 5.60. The van der Waals surface area contributed by atoms with Crippen molar-refractivity contribution in [2.75, 3.05) is 20.3 Å². The Morgan fingerprint density at radius 3 is 2.32 bits per heavy atom. The molecule has 0 aromatic carbocycles. The van der Waals surface area contributed by atoms with Crippen LogP contribution in [-0.4, -0.2) is 54.5 Å². The van der Waals surface area contributed by atoms with E-state index in [9.17, 15) is 9.59 Å². The van der Waals surface area contributed by atoms with Gasteiger partial charge in [-0.3, -0.25) is 4.90 Å². The molecule has 0 spiro atoms. The maximum Gasteiger partial charge on any atom is 0.410 e. The molecule has 0 saturated carbocycles. The summed E-state index contributed by atoms with van der Waals surface area (Å²) in [5, 5.41) is 0. The number of rotatable bonds is 3. The number of amides is 1. The molecular weight excluding hydrogens is 250 g/mol. The average molecular weight is 273 g/mol. The van der Waals surface area contributed by atoms with Crippen molar-refractivity contribution in [3.8, 4) is 0 Å². The van der Waals surface area contributed by atoms with Crippen molar-refractivity contribution < 1.29 is 23.8 Å². The summed E-state index contributed by atoms with van der Waals surface area (Å²) in [5.74, 6) is -0.440. The van der Waals surface area contributed by atoms with Gasteiger partial charge in [0, 0.05) is 7.11 Å². The Hall–Kier alpha value is -1.30. The molecule has 1 unspecified atom stereocenters. The van der Waals surface area contributed by atoms with Gasteiger partial charge in [0.25, 0.3) is 0 Å². The maximum atomic E-state index is 11.9. The molecule has 0 bridgehead atoms. The van der Waals surface area contributed by atoms with E-state index in [1.54, 1.807) is 34.6 Å². The van der Waals surface area contributed by atoms with Gasteiger partial charge in [-0.15, -0.1) is 0 Å². The number of carbonyl (C=O) groups is 2. The third-order valence-corrected chi connectivity index (χ3v) is 3.16. The third-order valence-electron chi connectivity index (χ3n) is 3.16. The predicted octanol–water partition coefficient (Wildman–Crippen LogP) is 1.57. The summed E-state index contributed by atoms with van der Waals surface area (Å²) in [4.78, 5) is 25.3. The second-order valence-electron chi connectivity index (χ2n) is 5.60. The van der Waals surface area contributed by atoms with Gasteiger partial charge in [-0.05, 0) is 34.6 Å². The van der Waals surface area contributed by atoms with Gasteiger partial charge in [-0.2, -0.15) is 0 Å². The zero-order valence-corrected chi connectivity index (χ0v) is 12.5. The van der Waals surface area contributed by atoms with Crippen molar-refractivity contribution in [1.29, 1.82) is 0 Å². The molecule has 0 aromatic heterocycles. The largest absolute Gasteiger partial charge is 0.464 e. The number of esters is 1. The van der Waals surface area contributed by atoms with E-state index in [0.29, 0.717) is 0 Å². The van der Waals surface area contributed by atoms with Crippen molar-refractivity contribution in [1.82, 2.24) is 4.90 Å². The zero-order valence-electron chi connectivity index (χ0n) is 12.5. The Balaban J connectivity index is 2.72. The van der Waals surface area contributed by atoms with E-state index >= 15 is 0 Å². The van der Waals surface area contributed by atoms with Crippen LogP contribution in [0.1, 0.15) is 34.6 Å². The summed E-state index contributed by atoms with van der Waals surface area (Å²) in [7, 11) is 1.44. The van der Waals surface area contributed by atoms with Crippen molar-refractivity contribution >= 4 is 12.1 Å². The minimum atomic E-state index is -1.08. The van der Waals surface area contributed by atoms with E-state index in [2.05, 4.69) is 0 Å². The quantitative estimate of drug-likeness (QED) is 0.730. The van der Waals surface area contributed by atoms with Crippen LogP contribution < -0.4 is 0 Å². The standard InChI is InChI=1S/C13H23NO5/c1-7-18-10(15)13(17-6)8-14(9(13)2)11(16)19-12(3,4)5/h9H,7-8H2,1-6H3/t9-,13?/m1/s1. The lowest BCUT2D eigenvalue weighted by atomic mass is 9.84. The van der Waals surface area contributed by atoms with E-state index in [1.807, 2.05) is 0 Å². The molecule has 0 N–H and O–H groups in total. The second kappa shape index (κ2) is 5.36. The lowest BCUT2D eigenvalue weighted by Crippen LogP contribution is -2.74. The van der Waals surface area contributed by atoms with Gasteiger partial charge < -0.3 is 14.2 Å². The van der Waals surface area contributed by atoms with Crippen molar-refractivity contribution in [2.45, 2.75) is 51.9 Å². The number of ether oxygens (including phenoxy) is 3. The fourth-order valence-electron chi connectivity index (χ4n) is 2.01. The Bertz CT molecular complexity index is 363. The van der Waals surface area contributed by atoms with Gasteiger partial charge in [0.05, 0.1) is 19.2 Å². The van der Waals surface area contributed by atoms with E-state index in [1.165, 1.54) is 12.0 Å².